The Morgan fingerprint density at radius 1 is 1.41 bits per heavy atom. The van der Waals surface area contributed by atoms with Gasteiger partial charge in [0.05, 0.1) is 6.61 Å². The maximum Gasteiger partial charge on any atom is 0.265 e. The molecule has 122 valence electrons. The van der Waals surface area contributed by atoms with Gasteiger partial charge in [0.2, 0.25) is 0 Å². The molecule has 0 bridgehead atoms. The fraction of sp³-hybridized carbons (Fsp3) is 0.571. The van der Waals surface area contributed by atoms with Crippen molar-refractivity contribution in [3.8, 4) is 0 Å². The molecule has 8 heteroatoms. The predicted octanol–water partition coefficient (Wildman–Crippen LogP) is -1.40. The van der Waals surface area contributed by atoms with Crippen molar-refractivity contribution in [2.75, 3.05) is 13.2 Å². The lowest BCUT2D eigenvalue weighted by Gasteiger charge is -2.18. The Kier molecular flexibility index (Phi) is 5.30. The van der Waals surface area contributed by atoms with Crippen molar-refractivity contribution in [3.63, 3.8) is 0 Å². The SMILES string of the molecule is CCCNC(=O)c1cccn([C@@H]2O[C@H](CO)[C@@H](O)[C@H]2O)c1=O. The third-order valence-electron chi connectivity index (χ3n) is 3.55. The van der Waals surface area contributed by atoms with E-state index in [2.05, 4.69) is 5.32 Å². The molecule has 2 rings (SSSR count). The van der Waals surface area contributed by atoms with Crippen molar-refractivity contribution >= 4 is 5.91 Å². The molecular formula is C14H20N2O6. The number of aromatic nitrogens is 1. The molecule has 1 aliphatic heterocycles. The van der Waals surface area contributed by atoms with Crippen LogP contribution in [0.4, 0.5) is 0 Å². The van der Waals surface area contributed by atoms with Crippen LogP contribution in [0.1, 0.15) is 29.9 Å². The highest BCUT2D eigenvalue weighted by Crippen LogP contribution is 2.28. The summed E-state index contributed by atoms with van der Waals surface area (Å²) >= 11 is 0. The van der Waals surface area contributed by atoms with Crippen LogP contribution in [0.3, 0.4) is 0 Å². The number of nitrogens with one attached hydrogen (secondary N) is 1. The smallest absolute Gasteiger partial charge is 0.265 e. The van der Waals surface area contributed by atoms with Gasteiger partial charge in [0.1, 0.15) is 23.9 Å². The number of hydrogen-bond donors (Lipinski definition) is 4. The quantitative estimate of drug-likeness (QED) is 0.530. The first kappa shape index (κ1) is 16.6. The van der Waals surface area contributed by atoms with E-state index in [0.717, 1.165) is 11.0 Å². The minimum atomic E-state index is -1.37. The second-order valence-electron chi connectivity index (χ2n) is 5.12. The van der Waals surface area contributed by atoms with Crippen LogP contribution in [0.15, 0.2) is 23.1 Å². The van der Waals surface area contributed by atoms with Gasteiger partial charge in [0.25, 0.3) is 11.5 Å². The molecule has 0 radical (unpaired) electrons. The van der Waals surface area contributed by atoms with Gasteiger partial charge in [-0.25, -0.2) is 0 Å². The minimum absolute atomic E-state index is 0.0753. The van der Waals surface area contributed by atoms with E-state index in [1.165, 1.54) is 18.3 Å². The Labute approximate surface area is 127 Å². The predicted molar refractivity (Wildman–Crippen MR) is 76.3 cm³/mol. The largest absolute Gasteiger partial charge is 0.394 e. The van der Waals surface area contributed by atoms with Crippen LogP contribution in [0, 0.1) is 0 Å². The number of ether oxygens (including phenoxy) is 1. The lowest BCUT2D eigenvalue weighted by Crippen LogP contribution is -2.38. The highest BCUT2D eigenvalue weighted by atomic mass is 16.6. The molecule has 0 saturated carbocycles. The van der Waals surface area contributed by atoms with Gasteiger partial charge in [-0.1, -0.05) is 6.92 Å². The molecule has 8 nitrogen and oxygen atoms in total. The highest BCUT2D eigenvalue weighted by molar-refractivity contribution is 5.93. The van der Waals surface area contributed by atoms with Gasteiger partial charge in [-0.15, -0.1) is 0 Å². The van der Waals surface area contributed by atoms with Gasteiger partial charge in [-0.2, -0.15) is 0 Å². The summed E-state index contributed by atoms with van der Waals surface area (Å²) in [6.45, 7) is 1.85. The van der Waals surface area contributed by atoms with E-state index >= 15 is 0 Å². The number of pyridine rings is 1. The minimum Gasteiger partial charge on any atom is -0.394 e. The maximum absolute atomic E-state index is 12.4. The zero-order valence-corrected chi connectivity index (χ0v) is 12.2. The van der Waals surface area contributed by atoms with E-state index in [-0.39, 0.29) is 5.56 Å². The first-order chi connectivity index (χ1) is 10.5. The molecule has 1 amide bonds. The van der Waals surface area contributed by atoms with Crippen LogP contribution in [0.5, 0.6) is 0 Å². The van der Waals surface area contributed by atoms with Crippen molar-refractivity contribution < 1.29 is 24.9 Å². The molecule has 0 unspecified atom stereocenters. The van der Waals surface area contributed by atoms with Gasteiger partial charge in [0.15, 0.2) is 6.23 Å². The summed E-state index contributed by atoms with van der Waals surface area (Å²) in [6, 6.07) is 2.86. The number of carbonyl (C=O) groups is 1. The third kappa shape index (κ3) is 3.05. The number of carbonyl (C=O) groups excluding carboxylic acids is 1. The van der Waals surface area contributed by atoms with Gasteiger partial charge in [0, 0.05) is 12.7 Å². The normalized spacial score (nSPS) is 27.8. The lowest BCUT2D eigenvalue weighted by molar-refractivity contribution is -0.0544. The second-order valence-corrected chi connectivity index (χ2v) is 5.12. The molecule has 1 aromatic heterocycles. The maximum atomic E-state index is 12.4. The van der Waals surface area contributed by atoms with Crippen LogP contribution < -0.4 is 10.9 Å². The number of hydrogen-bond acceptors (Lipinski definition) is 6. The monoisotopic (exact) mass is 312 g/mol. The molecule has 1 aliphatic rings. The van der Waals surface area contributed by atoms with Crippen LogP contribution >= 0.6 is 0 Å². The molecule has 0 aliphatic carbocycles. The number of nitrogens with zero attached hydrogens (tertiary/aromatic N) is 1. The molecule has 1 aromatic rings. The number of aliphatic hydroxyl groups excluding tert-OH is 3. The van der Waals surface area contributed by atoms with Crippen LogP contribution in [0.25, 0.3) is 0 Å². The van der Waals surface area contributed by atoms with E-state index in [4.69, 9.17) is 9.84 Å². The summed E-state index contributed by atoms with van der Waals surface area (Å²) < 4.78 is 6.35. The first-order valence-corrected chi connectivity index (χ1v) is 7.13. The zero-order chi connectivity index (χ0) is 16.3. The van der Waals surface area contributed by atoms with Gasteiger partial charge < -0.3 is 25.4 Å². The van der Waals surface area contributed by atoms with Crippen LogP contribution in [-0.4, -0.2) is 57.3 Å². The highest BCUT2D eigenvalue weighted by Gasteiger charge is 2.43. The summed E-state index contributed by atoms with van der Waals surface area (Å²) in [5, 5.41) is 31.4. The average Bonchev–Trinajstić information content (AvgIpc) is 2.80. The summed E-state index contributed by atoms with van der Waals surface area (Å²) in [7, 11) is 0. The van der Waals surface area contributed by atoms with Crippen molar-refractivity contribution in [2.45, 2.75) is 37.9 Å². The van der Waals surface area contributed by atoms with Crippen molar-refractivity contribution in [2.24, 2.45) is 0 Å². The summed E-state index contributed by atoms with van der Waals surface area (Å²) in [6.07, 6.45) is -2.72. The number of aliphatic hydroxyl groups is 3. The second kappa shape index (κ2) is 7.01. The Bertz CT molecular complexity index is 587. The number of amides is 1. The average molecular weight is 312 g/mol. The van der Waals surface area contributed by atoms with Crippen molar-refractivity contribution in [1.29, 1.82) is 0 Å². The van der Waals surface area contributed by atoms with E-state index in [1.54, 1.807) is 0 Å². The fourth-order valence-corrected chi connectivity index (χ4v) is 2.33. The van der Waals surface area contributed by atoms with Crippen molar-refractivity contribution in [1.82, 2.24) is 9.88 Å². The molecule has 0 aromatic carbocycles. The molecule has 0 spiro atoms. The molecular weight excluding hydrogens is 292 g/mol. The van der Waals surface area contributed by atoms with E-state index in [0.29, 0.717) is 6.54 Å². The third-order valence-corrected chi connectivity index (χ3v) is 3.55. The van der Waals surface area contributed by atoms with E-state index in [9.17, 15) is 19.8 Å². The molecule has 4 atom stereocenters. The Morgan fingerprint density at radius 2 is 2.14 bits per heavy atom. The van der Waals surface area contributed by atoms with Crippen molar-refractivity contribution in [3.05, 3.63) is 34.2 Å². The Balaban J connectivity index is 2.30. The summed E-state index contributed by atoms with van der Waals surface area (Å²) in [5.41, 5.74) is -0.709. The lowest BCUT2D eigenvalue weighted by atomic mass is 10.1. The molecule has 22 heavy (non-hydrogen) atoms. The Morgan fingerprint density at radius 3 is 2.73 bits per heavy atom. The molecule has 2 heterocycles. The Hall–Kier alpha value is -1.74. The summed E-state index contributed by atoms with van der Waals surface area (Å²) in [5.74, 6) is -0.507. The molecule has 4 N–H and O–H groups in total. The van der Waals surface area contributed by atoms with E-state index in [1.807, 2.05) is 6.92 Å². The zero-order valence-electron chi connectivity index (χ0n) is 12.2. The van der Waals surface area contributed by atoms with Gasteiger partial charge in [-0.3, -0.25) is 14.2 Å². The topological polar surface area (TPSA) is 121 Å². The van der Waals surface area contributed by atoms with E-state index < -0.39 is 42.6 Å². The number of rotatable bonds is 5. The van der Waals surface area contributed by atoms with Gasteiger partial charge in [-0.05, 0) is 18.6 Å². The van der Waals surface area contributed by atoms with Gasteiger partial charge >= 0.3 is 0 Å². The fourth-order valence-electron chi connectivity index (χ4n) is 2.33. The molecule has 1 fully saturated rings. The standard InChI is InChI=1S/C14H20N2O6/c1-2-5-15-12(20)8-4-3-6-16(13(8)21)14-11(19)10(18)9(7-17)22-14/h3-4,6,9-11,14,17-19H,2,5,7H2,1H3,(H,15,20)/t9-,10-,11-,14-/m1/s1. The molecule has 1 saturated heterocycles. The van der Waals surface area contributed by atoms with Crippen LogP contribution in [0.2, 0.25) is 0 Å². The summed E-state index contributed by atoms with van der Waals surface area (Å²) in [4.78, 5) is 24.3. The van der Waals surface area contributed by atoms with Crippen LogP contribution in [-0.2, 0) is 4.74 Å². The first-order valence-electron chi connectivity index (χ1n) is 7.13.